The maximum absolute atomic E-state index is 11.6. The maximum atomic E-state index is 11.6. The number of nitrogens with one attached hydrogen (secondary N) is 1. The van der Waals surface area contributed by atoms with Gasteiger partial charge in [-0.3, -0.25) is 0 Å². The number of benzene rings is 1. The van der Waals surface area contributed by atoms with E-state index in [0.29, 0.717) is 16.9 Å². The minimum atomic E-state index is -0.347. The van der Waals surface area contributed by atoms with Crippen LogP contribution in [0.1, 0.15) is 16.8 Å². The van der Waals surface area contributed by atoms with Crippen LogP contribution in [0.4, 0.5) is 0 Å². The Morgan fingerprint density at radius 2 is 2.42 bits per heavy atom. The highest BCUT2D eigenvalue weighted by molar-refractivity contribution is 7.71. The zero-order valence-electron chi connectivity index (χ0n) is 10.5. The van der Waals surface area contributed by atoms with Gasteiger partial charge in [0.05, 0.1) is 36.4 Å². The second kappa shape index (κ2) is 4.79. The van der Waals surface area contributed by atoms with Gasteiger partial charge in [-0.1, -0.05) is 0 Å². The number of fused-ring (bicyclic) bond motifs is 1. The molecule has 0 aliphatic carbocycles. The number of aromatic amines is 1. The number of hydrogen-bond donors (Lipinski definition) is 1. The first-order chi connectivity index (χ1) is 9.19. The summed E-state index contributed by atoms with van der Waals surface area (Å²) in [7, 11) is 1.37. The molecular weight excluding hydrogens is 264 g/mol. The first-order valence-electron chi connectivity index (χ1n) is 6.11. The van der Waals surface area contributed by atoms with Crippen LogP contribution in [-0.2, 0) is 16.0 Å². The van der Waals surface area contributed by atoms with E-state index in [-0.39, 0.29) is 12.1 Å². The number of hydrogen-bond acceptors (Lipinski definition) is 4. The zero-order chi connectivity index (χ0) is 13.4. The molecule has 6 heteroatoms. The minimum Gasteiger partial charge on any atom is -0.465 e. The molecule has 100 valence electrons. The third kappa shape index (κ3) is 2.17. The van der Waals surface area contributed by atoms with E-state index in [0.717, 1.165) is 24.1 Å². The van der Waals surface area contributed by atoms with Crippen molar-refractivity contribution in [2.24, 2.45) is 0 Å². The predicted octanol–water partition coefficient (Wildman–Crippen LogP) is 2.27. The van der Waals surface area contributed by atoms with E-state index in [1.165, 1.54) is 7.11 Å². The van der Waals surface area contributed by atoms with E-state index < -0.39 is 0 Å². The third-order valence-corrected chi connectivity index (χ3v) is 3.70. The molecule has 1 aliphatic heterocycles. The summed E-state index contributed by atoms with van der Waals surface area (Å²) in [6, 6.07) is 5.37. The number of ether oxygens (including phenoxy) is 2. The van der Waals surface area contributed by atoms with Crippen LogP contribution in [0.25, 0.3) is 11.0 Å². The molecule has 19 heavy (non-hydrogen) atoms. The lowest BCUT2D eigenvalue weighted by molar-refractivity contribution is -0.0588. The molecular formula is C13H14N2O3S. The van der Waals surface area contributed by atoms with Gasteiger partial charge < -0.3 is 19.0 Å². The van der Waals surface area contributed by atoms with Crippen LogP contribution in [0.5, 0.6) is 0 Å². The summed E-state index contributed by atoms with van der Waals surface area (Å²) in [5.74, 6) is -0.347. The lowest BCUT2D eigenvalue weighted by atomic mass is 10.1. The Kier molecular flexibility index (Phi) is 3.12. The molecule has 0 unspecified atom stereocenters. The van der Waals surface area contributed by atoms with Gasteiger partial charge >= 0.3 is 5.97 Å². The molecule has 0 spiro atoms. The SMILES string of the molecule is COC(=O)c1ccc2[nH]c(=S)n(C[C@@H]3CCO3)c2c1. The molecule has 3 rings (SSSR count). The Balaban J connectivity index is 2.06. The molecule has 0 amide bonds. The van der Waals surface area contributed by atoms with Crippen molar-refractivity contribution in [3.63, 3.8) is 0 Å². The van der Waals surface area contributed by atoms with E-state index in [1.807, 2.05) is 10.6 Å². The monoisotopic (exact) mass is 278 g/mol. The van der Waals surface area contributed by atoms with Gasteiger partial charge in [0.25, 0.3) is 0 Å². The highest BCUT2D eigenvalue weighted by Gasteiger charge is 2.20. The van der Waals surface area contributed by atoms with Crippen molar-refractivity contribution in [3.8, 4) is 0 Å². The average Bonchev–Trinajstić information content (AvgIpc) is 2.67. The molecule has 1 aromatic heterocycles. The predicted molar refractivity (Wildman–Crippen MR) is 72.8 cm³/mol. The number of nitrogens with zero attached hydrogens (tertiary/aromatic N) is 1. The van der Waals surface area contributed by atoms with Crippen LogP contribution in [0, 0.1) is 4.77 Å². The van der Waals surface area contributed by atoms with Gasteiger partial charge in [-0.2, -0.15) is 0 Å². The molecule has 1 aliphatic rings. The topological polar surface area (TPSA) is 56.2 Å². The van der Waals surface area contributed by atoms with E-state index in [4.69, 9.17) is 21.7 Å². The first kappa shape index (κ1) is 12.4. The van der Waals surface area contributed by atoms with Crippen molar-refractivity contribution in [1.29, 1.82) is 0 Å². The highest BCUT2D eigenvalue weighted by atomic mass is 32.1. The molecule has 2 aromatic rings. The fourth-order valence-corrected chi connectivity index (χ4v) is 2.49. The molecule has 1 fully saturated rings. The summed E-state index contributed by atoms with van der Waals surface area (Å²) in [4.78, 5) is 14.7. The summed E-state index contributed by atoms with van der Waals surface area (Å²) in [6.07, 6.45) is 1.26. The van der Waals surface area contributed by atoms with Gasteiger partial charge in [-0.15, -0.1) is 0 Å². The Bertz CT molecular complexity index is 685. The zero-order valence-corrected chi connectivity index (χ0v) is 11.3. The van der Waals surface area contributed by atoms with Crippen molar-refractivity contribution in [1.82, 2.24) is 9.55 Å². The number of aromatic nitrogens is 2. The Hall–Kier alpha value is -1.66. The molecule has 0 radical (unpaired) electrons. The number of esters is 1. The number of imidazole rings is 1. The number of H-pyrrole nitrogens is 1. The van der Waals surface area contributed by atoms with Crippen LogP contribution < -0.4 is 0 Å². The van der Waals surface area contributed by atoms with E-state index in [2.05, 4.69) is 4.98 Å². The smallest absolute Gasteiger partial charge is 0.337 e. The number of methoxy groups -OCH3 is 1. The fourth-order valence-electron chi connectivity index (χ4n) is 2.21. The van der Waals surface area contributed by atoms with Crippen LogP contribution in [-0.4, -0.2) is 35.3 Å². The van der Waals surface area contributed by atoms with E-state index in [1.54, 1.807) is 12.1 Å². The van der Waals surface area contributed by atoms with Gasteiger partial charge in [0, 0.05) is 6.61 Å². The van der Waals surface area contributed by atoms with Crippen molar-refractivity contribution in [3.05, 3.63) is 28.5 Å². The average molecular weight is 278 g/mol. The number of carbonyl (C=O) groups is 1. The Morgan fingerprint density at radius 3 is 3.05 bits per heavy atom. The molecule has 1 atom stereocenters. The molecule has 1 saturated heterocycles. The standard InChI is InChI=1S/C13H14N2O3S/c1-17-12(16)8-2-3-10-11(6-8)15(13(19)14-10)7-9-4-5-18-9/h2-3,6,9H,4-5,7H2,1H3,(H,14,19)/t9-/m0/s1. The van der Waals surface area contributed by atoms with Crippen molar-refractivity contribution in [2.75, 3.05) is 13.7 Å². The summed E-state index contributed by atoms with van der Waals surface area (Å²) in [6.45, 7) is 1.53. The normalized spacial score (nSPS) is 18.3. The largest absolute Gasteiger partial charge is 0.465 e. The summed E-state index contributed by atoms with van der Waals surface area (Å²) in [5.41, 5.74) is 2.34. The first-order valence-corrected chi connectivity index (χ1v) is 6.52. The Labute approximate surface area is 115 Å². The van der Waals surface area contributed by atoms with Crippen molar-refractivity contribution >= 4 is 29.2 Å². The molecule has 1 aromatic carbocycles. The minimum absolute atomic E-state index is 0.215. The third-order valence-electron chi connectivity index (χ3n) is 3.38. The van der Waals surface area contributed by atoms with Gasteiger partial charge in [-0.25, -0.2) is 4.79 Å². The van der Waals surface area contributed by atoms with E-state index >= 15 is 0 Å². The van der Waals surface area contributed by atoms with Crippen LogP contribution in [0.3, 0.4) is 0 Å². The molecule has 0 saturated carbocycles. The quantitative estimate of drug-likeness (QED) is 0.691. The highest BCUT2D eigenvalue weighted by Crippen LogP contribution is 2.20. The van der Waals surface area contributed by atoms with Crippen LogP contribution >= 0.6 is 12.2 Å². The summed E-state index contributed by atoms with van der Waals surface area (Å²) < 4.78 is 12.8. The van der Waals surface area contributed by atoms with Crippen molar-refractivity contribution < 1.29 is 14.3 Å². The molecule has 5 nitrogen and oxygen atoms in total. The lowest BCUT2D eigenvalue weighted by Gasteiger charge is -2.26. The number of rotatable bonds is 3. The van der Waals surface area contributed by atoms with Gasteiger partial charge in [-0.05, 0) is 36.8 Å². The summed E-state index contributed by atoms with van der Waals surface area (Å²) in [5, 5.41) is 0. The van der Waals surface area contributed by atoms with Crippen LogP contribution in [0.15, 0.2) is 18.2 Å². The molecule has 1 N–H and O–H groups in total. The Morgan fingerprint density at radius 1 is 1.63 bits per heavy atom. The number of carbonyl (C=O) groups excluding carboxylic acids is 1. The second-order valence-corrected chi connectivity index (χ2v) is 4.93. The second-order valence-electron chi connectivity index (χ2n) is 4.55. The maximum Gasteiger partial charge on any atom is 0.337 e. The van der Waals surface area contributed by atoms with Gasteiger partial charge in [0.1, 0.15) is 0 Å². The van der Waals surface area contributed by atoms with Gasteiger partial charge in [0.2, 0.25) is 0 Å². The lowest BCUT2D eigenvalue weighted by Crippen LogP contribution is -2.31. The van der Waals surface area contributed by atoms with Crippen LogP contribution in [0.2, 0.25) is 0 Å². The summed E-state index contributed by atoms with van der Waals surface area (Å²) >= 11 is 5.32. The molecule has 2 heterocycles. The molecule has 0 bridgehead atoms. The van der Waals surface area contributed by atoms with E-state index in [9.17, 15) is 4.79 Å². The van der Waals surface area contributed by atoms with Gasteiger partial charge in [0.15, 0.2) is 4.77 Å². The van der Waals surface area contributed by atoms with Crippen molar-refractivity contribution in [2.45, 2.75) is 19.1 Å². The fraction of sp³-hybridized carbons (Fsp3) is 0.385.